The van der Waals surface area contributed by atoms with Crippen LogP contribution >= 0.6 is 0 Å². The van der Waals surface area contributed by atoms with Crippen LogP contribution in [-0.4, -0.2) is 36.4 Å². The summed E-state index contributed by atoms with van der Waals surface area (Å²) < 4.78 is 5.41. The van der Waals surface area contributed by atoms with Crippen LogP contribution in [0.4, 0.5) is 10.5 Å². The number of carbonyl (C=O) groups is 1. The van der Waals surface area contributed by atoms with Gasteiger partial charge in [0.15, 0.2) is 0 Å². The van der Waals surface area contributed by atoms with Crippen LogP contribution in [0.5, 0.6) is 5.75 Å². The van der Waals surface area contributed by atoms with Gasteiger partial charge in [-0.05, 0) is 18.6 Å². The summed E-state index contributed by atoms with van der Waals surface area (Å²) in [6.45, 7) is 1.74. The summed E-state index contributed by atoms with van der Waals surface area (Å²) in [6.07, 6.45) is 0.792. The van der Waals surface area contributed by atoms with Crippen LogP contribution in [0, 0.1) is 0 Å². The Hall–Kier alpha value is -1.75. The maximum absolute atomic E-state index is 11.9. The van der Waals surface area contributed by atoms with Crippen molar-refractivity contribution in [3.05, 3.63) is 24.3 Å². The van der Waals surface area contributed by atoms with Gasteiger partial charge in [-0.3, -0.25) is 4.90 Å². The molecule has 2 aliphatic rings. The van der Waals surface area contributed by atoms with E-state index in [-0.39, 0.29) is 17.3 Å². The molecule has 2 N–H and O–H groups in total. The first-order valence-corrected chi connectivity index (χ1v) is 5.67. The predicted molar refractivity (Wildman–Crippen MR) is 62.2 cm³/mol. The second-order valence-corrected chi connectivity index (χ2v) is 4.51. The number of hydrogen-bond donors (Lipinski definition) is 2. The first kappa shape index (κ1) is 10.4. The van der Waals surface area contributed by atoms with E-state index in [1.807, 2.05) is 6.07 Å². The van der Waals surface area contributed by atoms with Crippen LogP contribution in [0.2, 0.25) is 0 Å². The van der Waals surface area contributed by atoms with Crippen molar-refractivity contribution < 1.29 is 14.6 Å². The van der Waals surface area contributed by atoms with Crippen molar-refractivity contribution in [1.82, 2.24) is 5.32 Å². The second-order valence-electron chi connectivity index (χ2n) is 4.51. The van der Waals surface area contributed by atoms with Gasteiger partial charge in [0.2, 0.25) is 0 Å². The smallest absolute Gasteiger partial charge is 0.322 e. The molecule has 2 amide bonds. The minimum absolute atomic E-state index is 0.121. The van der Waals surface area contributed by atoms with Crippen LogP contribution in [0.1, 0.15) is 6.42 Å². The summed E-state index contributed by atoms with van der Waals surface area (Å²) in [6, 6.07) is 6.72. The zero-order valence-electron chi connectivity index (χ0n) is 9.35. The molecule has 1 aromatic carbocycles. The highest BCUT2D eigenvalue weighted by molar-refractivity contribution is 5.97. The lowest BCUT2D eigenvalue weighted by molar-refractivity contribution is 0.180. The predicted octanol–water partition coefficient (Wildman–Crippen LogP) is 1.08. The summed E-state index contributed by atoms with van der Waals surface area (Å²) in [5, 5.41) is 12.7. The van der Waals surface area contributed by atoms with Gasteiger partial charge in [-0.15, -0.1) is 0 Å². The zero-order chi connectivity index (χ0) is 11.9. The van der Waals surface area contributed by atoms with Gasteiger partial charge in [0.05, 0.1) is 17.8 Å². The fourth-order valence-electron chi connectivity index (χ4n) is 2.54. The number of urea groups is 1. The van der Waals surface area contributed by atoms with Crippen molar-refractivity contribution in [2.45, 2.75) is 12.0 Å². The van der Waals surface area contributed by atoms with Gasteiger partial charge in [0, 0.05) is 13.2 Å². The van der Waals surface area contributed by atoms with Gasteiger partial charge in [-0.25, -0.2) is 4.79 Å². The number of nitrogens with zero attached hydrogens (tertiary/aromatic N) is 1. The number of para-hydroxylation sites is 2. The van der Waals surface area contributed by atoms with Gasteiger partial charge in [0.25, 0.3) is 0 Å². The minimum atomic E-state index is -0.337. The van der Waals surface area contributed by atoms with Gasteiger partial charge in [0.1, 0.15) is 5.75 Å². The molecule has 1 atom stereocenters. The summed E-state index contributed by atoms with van der Waals surface area (Å²) in [5.41, 5.74) is 0.212. The molecule has 0 aromatic heterocycles. The summed E-state index contributed by atoms with van der Waals surface area (Å²) in [7, 11) is 0. The molecule has 3 rings (SSSR count). The van der Waals surface area contributed by atoms with Crippen molar-refractivity contribution in [2.24, 2.45) is 0 Å². The number of phenols is 1. The number of hydrogen-bond acceptors (Lipinski definition) is 3. The van der Waals surface area contributed by atoms with E-state index >= 15 is 0 Å². The molecule has 2 heterocycles. The molecule has 2 saturated heterocycles. The van der Waals surface area contributed by atoms with E-state index < -0.39 is 0 Å². The third kappa shape index (κ3) is 1.46. The SMILES string of the molecule is O=C1NCC2(CCOC2)N1c1ccccc1O. The van der Waals surface area contributed by atoms with Crippen LogP contribution in [0.25, 0.3) is 0 Å². The third-order valence-electron chi connectivity index (χ3n) is 3.45. The average Bonchev–Trinajstić information content (AvgIpc) is 2.90. The highest BCUT2D eigenvalue weighted by Crippen LogP contribution is 2.38. The number of nitrogens with one attached hydrogen (secondary N) is 1. The van der Waals surface area contributed by atoms with E-state index in [1.54, 1.807) is 23.1 Å². The average molecular weight is 234 g/mol. The van der Waals surface area contributed by atoms with Crippen molar-refractivity contribution >= 4 is 11.7 Å². The topological polar surface area (TPSA) is 61.8 Å². The maximum atomic E-state index is 11.9. The van der Waals surface area contributed by atoms with E-state index in [0.717, 1.165) is 6.42 Å². The largest absolute Gasteiger partial charge is 0.506 e. The number of anilines is 1. The summed E-state index contributed by atoms with van der Waals surface area (Å²) >= 11 is 0. The van der Waals surface area contributed by atoms with Gasteiger partial charge < -0.3 is 15.2 Å². The Morgan fingerprint density at radius 2 is 2.24 bits per heavy atom. The molecular formula is C12H14N2O3. The lowest BCUT2D eigenvalue weighted by atomic mass is 9.97. The van der Waals surface area contributed by atoms with Gasteiger partial charge in [-0.1, -0.05) is 12.1 Å². The van der Waals surface area contributed by atoms with Crippen LogP contribution < -0.4 is 10.2 Å². The quantitative estimate of drug-likeness (QED) is 0.764. The number of amides is 2. The van der Waals surface area contributed by atoms with Crippen molar-refractivity contribution in [2.75, 3.05) is 24.7 Å². The molecule has 17 heavy (non-hydrogen) atoms. The molecule has 2 fully saturated rings. The number of aromatic hydroxyl groups is 1. The van der Waals surface area contributed by atoms with Crippen molar-refractivity contribution in [3.63, 3.8) is 0 Å². The van der Waals surface area contributed by atoms with Crippen molar-refractivity contribution in [3.8, 4) is 5.75 Å². The van der Waals surface area contributed by atoms with E-state index in [4.69, 9.17) is 4.74 Å². The van der Waals surface area contributed by atoms with Crippen molar-refractivity contribution in [1.29, 1.82) is 0 Å². The van der Waals surface area contributed by atoms with E-state index in [9.17, 15) is 9.90 Å². The molecule has 0 aliphatic carbocycles. The maximum Gasteiger partial charge on any atom is 0.322 e. The highest BCUT2D eigenvalue weighted by atomic mass is 16.5. The number of rotatable bonds is 1. The van der Waals surface area contributed by atoms with Crippen LogP contribution in [0.3, 0.4) is 0 Å². The first-order valence-electron chi connectivity index (χ1n) is 5.67. The molecule has 1 aromatic rings. The Morgan fingerprint density at radius 3 is 2.94 bits per heavy atom. The Kier molecular flexibility index (Phi) is 2.22. The number of ether oxygens (including phenoxy) is 1. The molecule has 0 radical (unpaired) electrons. The number of phenolic OH excluding ortho intramolecular Hbond substituents is 1. The monoisotopic (exact) mass is 234 g/mol. The van der Waals surface area contributed by atoms with E-state index in [0.29, 0.717) is 25.4 Å². The Bertz CT molecular complexity index is 455. The van der Waals surface area contributed by atoms with E-state index in [1.165, 1.54) is 0 Å². The molecule has 1 spiro atoms. The Morgan fingerprint density at radius 1 is 1.41 bits per heavy atom. The minimum Gasteiger partial charge on any atom is -0.506 e. The standard InChI is InChI=1S/C12H14N2O3/c15-10-4-2-1-3-9(10)14-11(16)13-7-12(14)5-6-17-8-12/h1-4,15H,5-8H2,(H,13,16). The molecule has 0 saturated carbocycles. The fraction of sp³-hybridized carbons (Fsp3) is 0.417. The first-order chi connectivity index (χ1) is 8.23. The van der Waals surface area contributed by atoms with Gasteiger partial charge >= 0.3 is 6.03 Å². The highest BCUT2D eigenvalue weighted by Gasteiger charge is 2.49. The lowest BCUT2D eigenvalue weighted by Crippen LogP contribution is -2.48. The molecule has 1 unspecified atom stereocenters. The molecule has 5 heteroatoms. The second kappa shape index (κ2) is 3.63. The lowest BCUT2D eigenvalue weighted by Gasteiger charge is -2.32. The molecular weight excluding hydrogens is 220 g/mol. The Labute approximate surface area is 99.0 Å². The van der Waals surface area contributed by atoms with Crippen LogP contribution in [0.15, 0.2) is 24.3 Å². The summed E-state index contributed by atoms with van der Waals surface area (Å²) in [5.74, 6) is 0.121. The molecule has 90 valence electrons. The number of carbonyl (C=O) groups excluding carboxylic acids is 1. The van der Waals surface area contributed by atoms with Gasteiger partial charge in [-0.2, -0.15) is 0 Å². The van der Waals surface area contributed by atoms with E-state index in [2.05, 4.69) is 5.32 Å². The zero-order valence-corrected chi connectivity index (χ0v) is 9.35. The normalized spacial score (nSPS) is 27.8. The van der Waals surface area contributed by atoms with Crippen LogP contribution in [-0.2, 0) is 4.74 Å². The molecule has 5 nitrogen and oxygen atoms in total. The third-order valence-corrected chi connectivity index (χ3v) is 3.45. The summed E-state index contributed by atoms with van der Waals surface area (Å²) in [4.78, 5) is 13.6. The Balaban J connectivity index is 2.05. The fourth-order valence-corrected chi connectivity index (χ4v) is 2.54. The number of benzene rings is 1. The molecule has 2 aliphatic heterocycles. The molecule has 0 bridgehead atoms.